The summed E-state index contributed by atoms with van der Waals surface area (Å²) in [5.41, 5.74) is 0. The molecule has 0 aromatic carbocycles. The molecule has 7 heteroatoms. The van der Waals surface area contributed by atoms with E-state index in [4.69, 9.17) is 11.6 Å². The van der Waals surface area contributed by atoms with Crippen LogP contribution in [-0.4, -0.2) is 19.8 Å². The number of nitrogens with one attached hydrogen (secondary N) is 1. The number of alkyl halides is 1. The van der Waals surface area contributed by atoms with Crippen molar-refractivity contribution in [1.82, 2.24) is 4.72 Å². The molecule has 0 saturated heterocycles. The summed E-state index contributed by atoms with van der Waals surface area (Å²) in [6, 6.07) is 3.32. The van der Waals surface area contributed by atoms with E-state index in [0.29, 0.717) is 17.1 Å². The maximum atomic E-state index is 11.8. The minimum absolute atomic E-state index is 0.00150. The Morgan fingerprint density at radius 3 is 2.60 bits per heavy atom. The first kappa shape index (κ1) is 11.9. The van der Waals surface area contributed by atoms with Crippen LogP contribution in [-0.2, 0) is 10.0 Å². The third kappa shape index (κ3) is 2.74. The highest BCUT2D eigenvalue weighted by Gasteiger charge is 2.31. The van der Waals surface area contributed by atoms with Gasteiger partial charge in [-0.25, -0.2) is 13.1 Å². The minimum atomic E-state index is -3.34. The van der Waals surface area contributed by atoms with Crippen LogP contribution in [0.5, 0.6) is 0 Å². The molecule has 0 amide bonds. The second-order valence-corrected chi connectivity index (χ2v) is 8.47. The lowest BCUT2D eigenvalue weighted by Gasteiger charge is -2.30. The summed E-state index contributed by atoms with van der Waals surface area (Å²) in [6.45, 7) is 0. The summed E-state index contributed by atoms with van der Waals surface area (Å²) in [7, 11) is -3.34. The van der Waals surface area contributed by atoms with E-state index in [9.17, 15) is 8.42 Å². The molecule has 1 fully saturated rings. The number of thiophene rings is 1. The molecule has 3 nitrogen and oxygen atoms in total. The van der Waals surface area contributed by atoms with Gasteiger partial charge < -0.3 is 0 Å². The molecule has 15 heavy (non-hydrogen) atoms. The van der Waals surface area contributed by atoms with Gasteiger partial charge in [0, 0.05) is 11.4 Å². The van der Waals surface area contributed by atoms with Crippen molar-refractivity contribution in [2.45, 2.75) is 28.5 Å². The molecule has 1 N–H and O–H groups in total. The Morgan fingerprint density at radius 1 is 1.47 bits per heavy atom. The third-order valence-electron chi connectivity index (χ3n) is 2.22. The Kier molecular flexibility index (Phi) is 3.42. The second kappa shape index (κ2) is 4.33. The standard InChI is InChI=1S/C8H9BrClNO2S2/c9-7-1-2-8(14-7)15(12,13)11-6-3-5(10)4-6/h1-2,5-6,11H,3-4H2. The summed E-state index contributed by atoms with van der Waals surface area (Å²) < 4.78 is 27.4. The van der Waals surface area contributed by atoms with E-state index in [1.54, 1.807) is 12.1 Å². The fraction of sp³-hybridized carbons (Fsp3) is 0.500. The third-order valence-corrected chi connectivity index (χ3v) is 6.21. The highest BCUT2D eigenvalue weighted by atomic mass is 79.9. The van der Waals surface area contributed by atoms with Crippen LogP contribution in [0.3, 0.4) is 0 Å². The Labute approximate surface area is 106 Å². The van der Waals surface area contributed by atoms with Crippen LogP contribution >= 0.6 is 38.9 Å². The lowest BCUT2D eigenvalue weighted by atomic mass is 9.94. The van der Waals surface area contributed by atoms with Gasteiger partial charge in [-0.2, -0.15) is 0 Å². The zero-order valence-corrected chi connectivity index (χ0v) is 11.6. The zero-order chi connectivity index (χ0) is 11.1. The summed E-state index contributed by atoms with van der Waals surface area (Å²) in [6.07, 6.45) is 1.43. The first-order chi connectivity index (χ1) is 6.97. The average molecular weight is 331 g/mol. The molecule has 0 bridgehead atoms. The van der Waals surface area contributed by atoms with E-state index in [-0.39, 0.29) is 11.4 Å². The Bertz CT molecular complexity index is 453. The fourth-order valence-electron chi connectivity index (χ4n) is 1.36. The highest BCUT2D eigenvalue weighted by molar-refractivity contribution is 9.11. The van der Waals surface area contributed by atoms with Gasteiger partial charge in [0.25, 0.3) is 0 Å². The van der Waals surface area contributed by atoms with Gasteiger partial charge in [0.05, 0.1) is 3.79 Å². The summed E-state index contributed by atoms with van der Waals surface area (Å²) in [5.74, 6) is 0. The van der Waals surface area contributed by atoms with Gasteiger partial charge >= 0.3 is 0 Å². The fourth-order valence-corrected chi connectivity index (χ4v) is 5.08. The molecule has 1 aliphatic carbocycles. The van der Waals surface area contributed by atoms with Gasteiger partial charge in [0.1, 0.15) is 4.21 Å². The number of sulfonamides is 1. The van der Waals surface area contributed by atoms with Gasteiger partial charge in [0.15, 0.2) is 0 Å². The first-order valence-electron chi connectivity index (χ1n) is 4.39. The molecule has 1 aliphatic rings. The molecule has 2 rings (SSSR count). The lowest BCUT2D eigenvalue weighted by Crippen LogP contribution is -2.44. The zero-order valence-electron chi connectivity index (χ0n) is 7.61. The molecule has 1 heterocycles. The van der Waals surface area contributed by atoms with Crippen molar-refractivity contribution in [2.24, 2.45) is 0 Å². The first-order valence-corrected chi connectivity index (χ1v) is 7.92. The molecular weight excluding hydrogens is 322 g/mol. The Morgan fingerprint density at radius 2 is 2.13 bits per heavy atom. The molecule has 1 aromatic rings. The van der Waals surface area contributed by atoms with Gasteiger partial charge in [-0.15, -0.1) is 22.9 Å². The maximum absolute atomic E-state index is 11.8. The monoisotopic (exact) mass is 329 g/mol. The van der Waals surface area contributed by atoms with Gasteiger partial charge in [0.2, 0.25) is 10.0 Å². The van der Waals surface area contributed by atoms with Crippen LogP contribution in [0.15, 0.2) is 20.1 Å². The van der Waals surface area contributed by atoms with Crippen LogP contribution in [0.25, 0.3) is 0 Å². The van der Waals surface area contributed by atoms with Gasteiger partial charge in [-0.1, -0.05) is 0 Å². The number of halogens is 2. The molecule has 84 valence electrons. The van der Waals surface area contributed by atoms with E-state index in [1.807, 2.05) is 0 Å². The van der Waals surface area contributed by atoms with E-state index in [0.717, 1.165) is 3.79 Å². The smallest absolute Gasteiger partial charge is 0.207 e. The van der Waals surface area contributed by atoms with Crippen LogP contribution < -0.4 is 4.72 Å². The SMILES string of the molecule is O=S(=O)(NC1CC(Cl)C1)c1ccc(Br)s1. The van der Waals surface area contributed by atoms with Gasteiger partial charge in [-0.3, -0.25) is 0 Å². The number of rotatable bonds is 3. The van der Waals surface area contributed by atoms with Crippen molar-refractivity contribution >= 4 is 48.9 Å². The molecule has 1 aromatic heterocycles. The molecular formula is C8H9BrClNO2S2. The molecule has 0 spiro atoms. The van der Waals surface area contributed by atoms with Crippen LogP contribution in [0.1, 0.15) is 12.8 Å². The predicted octanol–water partition coefficient (Wildman–Crippen LogP) is 2.56. The molecule has 0 radical (unpaired) electrons. The van der Waals surface area contributed by atoms with E-state index in [1.165, 1.54) is 11.3 Å². The molecule has 0 unspecified atom stereocenters. The number of hydrogen-bond acceptors (Lipinski definition) is 3. The molecule has 0 aliphatic heterocycles. The van der Waals surface area contributed by atoms with Crippen molar-refractivity contribution in [1.29, 1.82) is 0 Å². The summed E-state index contributed by atoms with van der Waals surface area (Å²) in [4.78, 5) is 0. The predicted molar refractivity (Wildman–Crippen MR) is 65.0 cm³/mol. The van der Waals surface area contributed by atoms with E-state index in [2.05, 4.69) is 20.7 Å². The summed E-state index contributed by atoms with van der Waals surface area (Å²) in [5, 5.41) is 0.118. The van der Waals surface area contributed by atoms with Crippen molar-refractivity contribution < 1.29 is 8.42 Å². The maximum Gasteiger partial charge on any atom is 0.250 e. The van der Waals surface area contributed by atoms with Crippen molar-refractivity contribution in [3.8, 4) is 0 Å². The van der Waals surface area contributed by atoms with E-state index < -0.39 is 10.0 Å². The average Bonchev–Trinajstić information content (AvgIpc) is 2.49. The second-order valence-electron chi connectivity index (χ2n) is 3.45. The molecule has 0 atom stereocenters. The molecule has 1 saturated carbocycles. The van der Waals surface area contributed by atoms with E-state index >= 15 is 0 Å². The topological polar surface area (TPSA) is 46.2 Å². The lowest BCUT2D eigenvalue weighted by molar-refractivity contribution is 0.391. The summed E-state index contributed by atoms with van der Waals surface area (Å²) >= 11 is 10.2. The van der Waals surface area contributed by atoms with Crippen LogP contribution in [0, 0.1) is 0 Å². The minimum Gasteiger partial charge on any atom is -0.207 e. The van der Waals surface area contributed by atoms with Crippen LogP contribution in [0.2, 0.25) is 0 Å². The van der Waals surface area contributed by atoms with Crippen molar-refractivity contribution in [2.75, 3.05) is 0 Å². The Hall–Kier alpha value is 0.380. The van der Waals surface area contributed by atoms with Crippen LogP contribution in [0.4, 0.5) is 0 Å². The van der Waals surface area contributed by atoms with Crippen molar-refractivity contribution in [3.05, 3.63) is 15.9 Å². The number of hydrogen-bond donors (Lipinski definition) is 1. The Balaban J connectivity index is 2.07. The largest absolute Gasteiger partial charge is 0.250 e. The van der Waals surface area contributed by atoms with Gasteiger partial charge in [-0.05, 0) is 40.9 Å². The van der Waals surface area contributed by atoms with Crippen molar-refractivity contribution in [3.63, 3.8) is 0 Å². The quantitative estimate of drug-likeness (QED) is 0.866. The highest BCUT2D eigenvalue weighted by Crippen LogP contribution is 2.29. The normalized spacial score (nSPS) is 26.3.